The van der Waals surface area contributed by atoms with Gasteiger partial charge in [-0.05, 0) is 13.0 Å². The number of hydrogen-bond donors (Lipinski definition) is 1. The summed E-state index contributed by atoms with van der Waals surface area (Å²) < 4.78 is 5.60. The third-order valence-corrected chi connectivity index (χ3v) is 4.30. The minimum atomic E-state index is -0.209. The molecule has 6 heteroatoms. The lowest BCUT2D eigenvalue weighted by Gasteiger charge is -2.12. The Bertz CT molecular complexity index is 650. The van der Waals surface area contributed by atoms with Gasteiger partial charge in [0.1, 0.15) is 16.5 Å². The van der Waals surface area contributed by atoms with Crippen molar-refractivity contribution in [3.05, 3.63) is 28.2 Å². The zero-order valence-corrected chi connectivity index (χ0v) is 14.1. The van der Waals surface area contributed by atoms with Crippen LogP contribution in [0.3, 0.4) is 0 Å². The number of hydrogen-bond acceptors (Lipinski definition) is 5. The third kappa shape index (κ3) is 3.50. The van der Waals surface area contributed by atoms with E-state index in [2.05, 4.69) is 36.3 Å². The van der Waals surface area contributed by atoms with E-state index in [0.29, 0.717) is 16.5 Å². The predicted octanol–water partition coefficient (Wildman–Crippen LogP) is 4.11. The van der Waals surface area contributed by atoms with Crippen molar-refractivity contribution in [3.8, 4) is 0 Å². The lowest BCUT2D eigenvalue weighted by Crippen LogP contribution is -2.11. The highest BCUT2D eigenvalue weighted by atomic mass is 32.1. The van der Waals surface area contributed by atoms with E-state index in [1.54, 1.807) is 13.0 Å². The fourth-order valence-corrected chi connectivity index (χ4v) is 2.55. The minimum Gasteiger partial charge on any atom is -0.465 e. The van der Waals surface area contributed by atoms with Gasteiger partial charge >= 0.3 is 0 Å². The van der Waals surface area contributed by atoms with E-state index >= 15 is 0 Å². The molecule has 21 heavy (non-hydrogen) atoms. The number of carbonyl (C=O) groups is 1. The molecule has 0 unspecified atom stereocenters. The molecule has 0 saturated heterocycles. The second-order valence-electron chi connectivity index (χ2n) is 6.39. The van der Waals surface area contributed by atoms with Crippen molar-refractivity contribution in [2.24, 2.45) is 0 Å². The molecule has 0 aliphatic rings. The van der Waals surface area contributed by atoms with Gasteiger partial charge < -0.3 is 4.42 Å². The number of aryl methyl sites for hydroxylation is 1. The number of rotatable bonds is 3. The number of anilines is 1. The number of carbonyl (C=O) groups excluding carboxylic acids is 1. The zero-order chi connectivity index (χ0) is 15.8. The second kappa shape index (κ2) is 5.60. The van der Waals surface area contributed by atoms with Crippen molar-refractivity contribution in [3.63, 3.8) is 0 Å². The maximum absolute atomic E-state index is 12.3. The lowest BCUT2D eigenvalue weighted by molar-refractivity contribution is 0.102. The van der Waals surface area contributed by atoms with E-state index in [9.17, 15) is 4.79 Å². The summed E-state index contributed by atoms with van der Waals surface area (Å²) in [6.07, 6.45) is 0. The molecule has 0 spiro atoms. The molecule has 0 atom stereocenters. The second-order valence-corrected chi connectivity index (χ2v) is 7.37. The lowest BCUT2D eigenvalue weighted by atomic mass is 9.98. The van der Waals surface area contributed by atoms with Gasteiger partial charge in [-0.25, -0.2) is 0 Å². The van der Waals surface area contributed by atoms with E-state index < -0.39 is 0 Å². The average Bonchev–Trinajstić information content (AvgIpc) is 2.94. The highest BCUT2D eigenvalue weighted by Crippen LogP contribution is 2.28. The van der Waals surface area contributed by atoms with E-state index in [-0.39, 0.29) is 17.2 Å². The molecular formula is C15H21N3O2S. The minimum absolute atomic E-state index is 0.0724. The van der Waals surface area contributed by atoms with Crippen LogP contribution < -0.4 is 5.32 Å². The van der Waals surface area contributed by atoms with Gasteiger partial charge in [0.05, 0.1) is 5.56 Å². The molecule has 0 aromatic carbocycles. The summed E-state index contributed by atoms with van der Waals surface area (Å²) >= 11 is 1.40. The number of nitrogens with zero attached hydrogens (tertiary/aromatic N) is 2. The first-order chi connectivity index (χ1) is 9.68. The van der Waals surface area contributed by atoms with Crippen molar-refractivity contribution in [2.45, 2.75) is 52.9 Å². The Balaban J connectivity index is 2.16. The molecule has 0 fully saturated rings. The summed E-state index contributed by atoms with van der Waals surface area (Å²) in [4.78, 5) is 12.3. The van der Waals surface area contributed by atoms with Crippen LogP contribution in [0.1, 0.15) is 67.4 Å². The first-order valence-electron chi connectivity index (χ1n) is 6.94. The Morgan fingerprint density at radius 2 is 2.00 bits per heavy atom. The highest BCUT2D eigenvalue weighted by molar-refractivity contribution is 7.15. The van der Waals surface area contributed by atoms with Crippen LogP contribution in [0, 0.1) is 6.92 Å². The number of amides is 1. The number of aromatic nitrogens is 2. The molecule has 2 heterocycles. The average molecular weight is 307 g/mol. The van der Waals surface area contributed by atoms with Gasteiger partial charge in [-0.1, -0.05) is 46.0 Å². The van der Waals surface area contributed by atoms with Crippen LogP contribution in [-0.2, 0) is 5.41 Å². The third-order valence-electron chi connectivity index (χ3n) is 3.04. The quantitative estimate of drug-likeness (QED) is 0.926. The van der Waals surface area contributed by atoms with Crippen molar-refractivity contribution in [1.29, 1.82) is 0 Å². The van der Waals surface area contributed by atoms with Crippen LogP contribution in [0.4, 0.5) is 5.13 Å². The van der Waals surface area contributed by atoms with Gasteiger partial charge in [-0.3, -0.25) is 10.1 Å². The molecule has 2 rings (SSSR count). The van der Waals surface area contributed by atoms with E-state index in [1.165, 1.54) is 11.3 Å². The Morgan fingerprint density at radius 3 is 2.48 bits per heavy atom. The molecule has 2 aromatic heterocycles. The van der Waals surface area contributed by atoms with E-state index in [1.807, 2.05) is 13.8 Å². The first-order valence-corrected chi connectivity index (χ1v) is 7.76. The van der Waals surface area contributed by atoms with Gasteiger partial charge in [0, 0.05) is 11.3 Å². The molecule has 0 saturated carbocycles. The van der Waals surface area contributed by atoms with Gasteiger partial charge in [0.25, 0.3) is 5.91 Å². The van der Waals surface area contributed by atoms with Crippen LogP contribution in [0.15, 0.2) is 10.5 Å². The number of furan rings is 1. The summed E-state index contributed by atoms with van der Waals surface area (Å²) in [7, 11) is 0. The molecule has 2 aromatic rings. The first kappa shape index (κ1) is 15.7. The van der Waals surface area contributed by atoms with Gasteiger partial charge in [-0.15, -0.1) is 10.2 Å². The fraction of sp³-hybridized carbons (Fsp3) is 0.533. The maximum atomic E-state index is 12.3. The van der Waals surface area contributed by atoms with Crippen molar-refractivity contribution in [1.82, 2.24) is 10.2 Å². The summed E-state index contributed by atoms with van der Waals surface area (Å²) in [6.45, 7) is 12.0. The van der Waals surface area contributed by atoms with Crippen LogP contribution in [0.2, 0.25) is 0 Å². The molecule has 5 nitrogen and oxygen atoms in total. The highest BCUT2D eigenvalue weighted by Gasteiger charge is 2.22. The summed E-state index contributed by atoms with van der Waals surface area (Å²) in [6, 6.07) is 1.79. The SMILES string of the molecule is Cc1oc(C(C)C)cc1C(=O)Nc1nnc(C(C)(C)C)s1. The van der Waals surface area contributed by atoms with Gasteiger partial charge in [-0.2, -0.15) is 0 Å². The monoisotopic (exact) mass is 307 g/mol. The van der Waals surface area contributed by atoms with Crippen molar-refractivity contribution in [2.75, 3.05) is 5.32 Å². The Morgan fingerprint density at radius 1 is 1.33 bits per heavy atom. The van der Waals surface area contributed by atoms with Gasteiger partial charge in [0.2, 0.25) is 5.13 Å². The molecule has 0 radical (unpaired) electrons. The smallest absolute Gasteiger partial charge is 0.261 e. The topological polar surface area (TPSA) is 68.0 Å². The van der Waals surface area contributed by atoms with E-state index in [4.69, 9.17) is 4.42 Å². The molecule has 114 valence electrons. The Hall–Kier alpha value is -1.69. The predicted molar refractivity (Wildman–Crippen MR) is 84.1 cm³/mol. The number of nitrogens with one attached hydrogen (secondary N) is 1. The zero-order valence-electron chi connectivity index (χ0n) is 13.3. The molecule has 0 aliphatic heterocycles. The standard InChI is InChI=1S/C15H21N3O2S/c1-8(2)11-7-10(9(3)20-11)12(19)16-14-18-17-13(21-14)15(4,5)6/h7-8H,1-6H3,(H,16,18,19). The van der Waals surface area contributed by atoms with Crippen LogP contribution >= 0.6 is 11.3 Å². The molecule has 0 bridgehead atoms. The largest absolute Gasteiger partial charge is 0.465 e. The van der Waals surface area contributed by atoms with Crippen molar-refractivity contribution < 1.29 is 9.21 Å². The molecular weight excluding hydrogens is 286 g/mol. The molecule has 1 amide bonds. The van der Waals surface area contributed by atoms with Crippen LogP contribution in [0.25, 0.3) is 0 Å². The van der Waals surface area contributed by atoms with Gasteiger partial charge in [0.15, 0.2) is 0 Å². The summed E-state index contributed by atoms with van der Waals surface area (Å²) in [5.74, 6) is 1.47. The Kier molecular flexibility index (Phi) is 4.18. The van der Waals surface area contributed by atoms with E-state index in [0.717, 1.165) is 10.8 Å². The maximum Gasteiger partial charge on any atom is 0.261 e. The van der Waals surface area contributed by atoms with Crippen molar-refractivity contribution >= 4 is 22.4 Å². The normalized spacial score (nSPS) is 12.0. The van der Waals surface area contributed by atoms with Crippen LogP contribution in [-0.4, -0.2) is 16.1 Å². The summed E-state index contributed by atoms with van der Waals surface area (Å²) in [5, 5.41) is 12.3. The van der Waals surface area contributed by atoms with Crippen LogP contribution in [0.5, 0.6) is 0 Å². The molecule has 0 aliphatic carbocycles. The summed E-state index contributed by atoms with van der Waals surface area (Å²) in [5.41, 5.74) is 0.475. The molecule has 1 N–H and O–H groups in total. The Labute approximate surface area is 128 Å². The fourth-order valence-electron chi connectivity index (χ4n) is 1.76.